The van der Waals surface area contributed by atoms with Crippen LogP contribution in [-0.2, 0) is 0 Å². The average Bonchev–Trinajstić information content (AvgIpc) is 3.85. The molecule has 6 aromatic carbocycles. The van der Waals surface area contributed by atoms with Crippen LogP contribution in [0, 0.1) is 27.7 Å². The number of aryl methyl sites for hydroxylation is 4. The first-order chi connectivity index (χ1) is 27.7. The van der Waals surface area contributed by atoms with Crippen LogP contribution >= 0.6 is 0 Å². The zero-order chi connectivity index (χ0) is 39.5. The molecule has 286 valence electrons. The van der Waals surface area contributed by atoms with Gasteiger partial charge in [-0.15, -0.1) is 20.4 Å². The standard InChI is InChI=1S/C45H40N6O6/c1-28-23-33(50-46-38-9-5-6-10-39(38)47-50)24-29(2)44(28)56-21-19-54-35-15-13-32(14-16-35)43(53)37-18-17-36(27-42(37)52)55-20-22-57-45-30(3)25-34(26-31(45)4)51-48-40-11-7-8-12-41(40)49-51/h5-18,23-27,52H,19-22H2,1-4H3. The fourth-order valence-corrected chi connectivity index (χ4v) is 6.75. The van der Waals surface area contributed by atoms with Crippen molar-refractivity contribution in [2.45, 2.75) is 27.7 Å². The molecule has 57 heavy (non-hydrogen) atoms. The summed E-state index contributed by atoms with van der Waals surface area (Å²) in [6.45, 7) is 9.09. The van der Waals surface area contributed by atoms with Gasteiger partial charge in [0.05, 0.1) is 16.9 Å². The van der Waals surface area contributed by atoms with Crippen molar-refractivity contribution in [2.75, 3.05) is 26.4 Å². The topological polar surface area (TPSA) is 136 Å². The lowest BCUT2D eigenvalue weighted by molar-refractivity contribution is 0.103. The minimum absolute atomic E-state index is 0.167. The molecule has 0 amide bonds. The van der Waals surface area contributed by atoms with E-state index in [0.717, 1.165) is 67.2 Å². The zero-order valence-electron chi connectivity index (χ0n) is 32.0. The molecule has 2 heterocycles. The maximum Gasteiger partial charge on any atom is 0.196 e. The van der Waals surface area contributed by atoms with Crippen LogP contribution in [0.3, 0.4) is 0 Å². The summed E-state index contributed by atoms with van der Waals surface area (Å²) in [6, 6.07) is 34.9. The predicted molar refractivity (Wildman–Crippen MR) is 217 cm³/mol. The van der Waals surface area contributed by atoms with E-state index in [-0.39, 0.29) is 30.3 Å². The summed E-state index contributed by atoms with van der Waals surface area (Å²) in [6.07, 6.45) is 0. The Morgan fingerprint density at radius 2 is 0.895 bits per heavy atom. The quantitative estimate of drug-likeness (QED) is 0.0853. The Hall–Kier alpha value is -7.21. The molecule has 8 rings (SSSR count). The fraction of sp³-hybridized carbons (Fsp3) is 0.178. The summed E-state index contributed by atoms with van der Waals surface area (Å²) in [7, 11) is 0. The SMILES string of the molecule is Cc1cc(-n2nc3ccccc3n2)cc(C)c1OCCOc1ccc(C(=O)c2ccc(OCCOc3c(C)cc(-n4nc5ccccc5n4)cc3C)cc2O)cc1. The van der Waals surface area contributed by atoms with Crippen LogP contribution in [0.2, 0.25) is 0 Å². The number of fused-ring (bicyclic) bond motifs is 2. The molecule has 0 bridgehead atoms. The van der Waals surface area contributed by atoms with Crippen molar-refractivity contribution in [1.29, 1.82) is 0 Å². The van der Waals surface area contributed by atoms with Crippen LogP contribution in [0.25, 0.3) is 33.4 Å². The maximum atomic E-state index is 13.3. The Labute approximate surface area is 328 Å². The minimum Gasteiger partial charge on any atom is -0.507 e. The van der Waals surface area contributed by atoms with Gasteiger partial charge in [0.1, 0.15) is 77.2 Å². The molecule has 1 N–H and O–H groups in total. The number of carbonyl (C=O) groups is 1. The van der Waals surface area contributed by atoms with E-state index in [2.05, 4.69) is 20.4 Å². The van der Waals surface area contributed by atoms with Crippen LogP contribution in [0.1, 0.15) is 38.2 Å². The highest BCUT2D eigenvalue weighted by Crippen LogP contribution is 2.30. The highest BCUT2D eigenvalue weighted by atomic mass is 16.5. The first kappa shape index (κ1) is 36.8. The number of carbonyl (C=O) groups excluding carboxylic acids is 1. The third-order valence-electron chi connectivity index (χ3n) is 9.45. The molecule has 0 aliphatic carbocycles. The molecule has 12 nitrogen and oxygen atoms in total. The number of aromatic hydroxyl groups is 1. The molecular formula is C45H40N6O6. The third kappa shape index (κ3) is 7.97. The molecule has 0 saturated heterocycles. The number of phenols is 1. The van der Waals surface area contributed by atoms with Gasteiger partial charge in [0, 0.05) is 11.6 Å². The molecule has 0 saturated carbocycles. The van der Waals surface area contributed by atoms with E-state index in [9.17, 15) is 9.90 Å². The van der Waals surface area contributed by atoms with Gasteiger partial charge in [0.15, 0.2) is 5.78 Å². The largest absolute Gasteiger partial charge is 0.507 e. The van der Waals surface area contributed by atoms with Gasteiger partial charge >= 0.3 is 0 Å². The normalized spacial score (nSPS) is 11.2. The minimum atomic E-state index is -0.321. The van der Waals surface area contributed by atoms with Crippen LogP contribution in [0.5, 0.6) is 28.7 Å². The molecule has 0 fully saturated rings. The van der Waals surface area contributed by atoms with Crippen LogP contribution in [0.15, 0.2) is 115 Å². The summed E-state index contributed by atoms with van der Waals surface area (Å²) in [5, 5.41) is 29.1. The number of nitrogens with zero attached hydrogens (tertiary/aromatic N) is 6. The number of rotatable bonds is 14. The van der Waals surface area contributed by atoms with Crippen LogP contribution in [0.4, 0.5) is 0 Å². The first-order valence-electron chi connectivity index (χ1n) is 18.6. The van der Waals surface area contributed by atoms with Crippen LogP contribution in [-0.4, -0.2) is 67.3 Å². The van der Waals surface area contributed by atoms with Gasteiger partial charge in [-0.3, -0.25) is 4.79 Å². The van der Waals surface area contributed by atoms with Crippen molar-refractivity contribution in [3.05, 3.63) is 149 Å². The van der Waals surface area contributed by atoms with Crippen LogP contribution < -0.4 is 18.9 Å². The Morgan fingerprint density at radius 3 is 1.32 bits per heavy atom. The van der Waals surface area contributed by atoms with Gasteiger partial charge in [0.2, 0.25) is 0 Å². The fourth-order valence-electron chi connectivity index (χ4n) is 6.75. The number of benzene rings is 6. The lowest BCUT2D eigenvalue weighted by Crippen LogP contribution is -2.11. The number of phenolic OH excluding ortho intramolecular Hbond substituents is 1. The van der Waals surface area contributed by atoms with Gasteiger partial charge in [-0.25, -0.2) is 0 Å². The van der Waals surface area contributed by atoms with Crippen molar-refractivity contribution in [3.63, 3.8) is 0 Å². The molecule has 12 heteroatoms. The number of hydrogen-bond donors (Lipinski definition) is 1. The lowest BCUT2D eigenvalue weighted by atomic mass is 10.0. The van der Waals surface area contributed by atoms with Crippen molar-refractivity contribution < 1.29 is 28.8 Å². The van der Waals surface area contributed by atoms with Gasteiger partial charge < -0.3 is 24.1 Å². The van der Waals surface area contributed by atoms with Gasteiger partial charge in [-0.1, -0.05) is 24.3 Å². The molecule has 0 atom stereocenters. The van der Waals surface area contributed by atoms with E-state index in [1.54, 1.807) is 46.0 Å². The van der Waals surface area contributed by atoms with E-state index in [1.165, 1.54) is 6.07 Å². The second kappa shape index (κ2) is 15.9. The average molecular weight is 761 g/mol. The Kier molecular flexibility index (Phi) is 10.2. The van der Waals surface area contributed by atoms with Gasteiger partial charge in [-0.2, -0.15) is 9.59 Å². The van der Waals surface area contributed by atoms with Crippen molar-refractivity contribution in [1.82, 2.24) is 30.0 Å². The van der Waals surface area contributed by atoms with E-state index in [0.29, 0.717) is 30.3 Å². The highest BCUT2D eigenvalue weighted by molar-refractivity contribution is 6.10. The Bertz CT molecular complexity index is 2630. The molecule has 8 aromatic rings. The summed E-state index contributed by atoms with van der Waals surface area (Å²) in [5.41, 5.74) is 9.45. The number of aromatic nitrogens is 6. The molecule has 0 spiro atoms. The van der Waals surface area contributed by atoms with E-state index in [4.69, 9.17) is 18.9 Å². The molecule has 2 aromatic heterocycles. The highest BCUT2D eigenvalue weighted by Gasteiger charge is 2.16. The molecule has 0 aliphatic rings. The smallest absolute Gasteiger partial charge is 0.196 e. The second-order valence-corrected chi connectivity index (χ2v) is 13.7. The number of ketones is 1. The van der Waals surface area contributed by atoms with E-state index < -0.39 is 0 Å². The summed E-state index contributed by atoms with van der Waals surface area (Å²) in [4.78, 5) is 16.5. The predicted octanol–water partition coefficient (Wildman–Crippen LogP) is 8.24. The zero-order valence-corrected chi connectivity index (χ0v) is 32.0. The number of ether oxygens (including phenoxy) is 4. The van der Waals surface area contributed by atoms with Gasteiger partial charge in [0.25, 0.3) is 0 Å². The molecular weight excluding hydrogens is 721 g/mol. The first-order valence-corrected chi connectivity index (χ1v) is 18.6. The molecule has 0 radical (unpaired) electrons. The number of hydrogen-bond acceptors (Lipinski definition) is 10. The Balaban J connectivity index is 0.803. The van der Waals surface area contributed by atoms with Gasteiger partial charge in [-0.05, 0) is 135 Å². The second-order valence-electron chi connectivity index (χ2n) is 13.7. The maximum absolute atomic E-state index is 13.3. The summed E-state index contributed by atoms with van der Waals surface area (Å²) >= 11 is 0. The van der Waals surface area contributed by atoms with Crippen molar-refractivity contribution in [3.8, 4) is 40.1 Å². The van der Waals surface area contributed by atoms with Crippen molar-refractivity contribution in [2.24, 2.45) is 0 Å². The monoisotopic (exact) mass is 760 g/mol. The lowest BCUT2D eigenvalue weighted by Gasteiger charge is -2.15. The van der Waals surface area contributed by atoms with E-state index >= 15 is 0 Å². The summed E-state index contributed by atoms with van der Waals surface area (Å²) in [5.74, 6) is 2.07. The molecule has 0 aliphatic heterocycles. The van der Waals surface area contributed by atoms with Crippen molar-refractivity contribution >= 4 is 27.9 Å². The van der Waals surface area contributed by atoms with E-state index in [1.807, 2.05) is 100 Å². The summed E-state index contributed by atoms with van der Waals surface area (Å²) < 4.78 is 23.9. The molecule has 0 unspecified atom stereocenters. The Morgan fingerprint density at radius 1 is 0.509 bits per heavy atom. The third-order valence-corrected chi connectivity index (χ3v) is 9.45.